The molecule has 4 nitrogen and oxygen atoms in total. The Bertz CT molecular complexity index is 861. The zero-order chi connectivity index (χ0) is 22.0. The second-order valence-corrected chi connectivity index (χ2v) is 10.1. The van der Waals surface area contributed by atoms with Gasteiger partial charge in [0.15, 0.2) is 0 Å². The Morgan fingerprint density at radius 2 is 1.55 bits per heavy atom. The Morgan fingerprint density at radius 3 is 2.13 bits per heavy atom. The highest BCUT2D eigenvalue weighted by Gasteiger charge is 2.60. The molecule has 0 aliphatic carbocycles. The van der Waals surface area contributed by atoms with E-state index in [0.717, 1.165) is 17.5 Å². The van der Waals surface area contributed by atoms with Gasteiger partial charge in [0.05, 0.1) is 37.9 Å². The maximum Gasteiger partial charge on any atom is 0.228 e. The molecule has 0 N–H and O–H groups in total. The molecule has 2 aliphatic rings. The number of rotatable bonds is 8. The Hall–Kier alpha value is -2.17. The molecule has 2 saturated heterocycles. The van der Waals surface area contributed by atoms with Gasteiger partial charge in [-0.1, -0.05) is 88.4 Å². The van der Waals surface area contributed by atoms with Crippen LogP contribution in [0, 0.1) is 17.3 Å². The topological polar surface area (TPSA) is 38.8 Å². The third kappa shape index (κ3) is 4.70. The van der Waals surface area contributed by atoms with E-state index in [0.29, 0.717) is 25.7 Å². The van der Waals surface area contributed by atoms with E-state index in [2.05, 4.69) is 56.9 Å². The first-order valence-corrected chi connectivity index (χ1v) is 11.5. The van der Waals surface area contributed by atoms with E-state index in [1.54, 1.807) is 0 Å². The molecule has 166 valence electrons. The Balaban J connectivity index is 1.44. The highest BCUT2D eigenvalue weighted by atomic mass is 16.5. The van der Waals surface area contributed by atoms with E-state index in [9.17, 15) is 4.79 Å². The SMILES string of the molecule is C[C@@H]([C@@H]1C(=O)N2[C@@H]1C[C@H](OCc1ccccc1)[C@@H]2COCc1ccccc1)C(C)(C)C. The number of hydrogen-bond acceptors (Lipinski definition) is 3. The van der Waals surface area contributed by atoms with Gasteiger partial charge in [0.2, 0.25) is 5.91 Å². The van der Waals surface area contributed by atoms with Gasteiger partial charge in [0.1, 0.15) is 0 Å². The highest BCUT2D eigenvalue weighted by Crippen LogP contribution is 2.48. The third-order valence-corrected chi connectivity index (χ3v) is 7.18. The van der Waals surface area contributed by atoms with Crippen molar-refractivity contribution in [3.63, 3.8) is 0 Å². The molecule has 0 saturated carbocycles. The summed E-state index contributed by atoms with van der Waals surface area (Å²) in [6.45, 7) is 10.5. The van der Waals surface area contributed by atoms with E-state index in [1.165, 1.54) is 0 Å². The third-order valence-electron chi connectivity index (χ3n) is 7.18. The van der Waals surface area contributed by atoms with Crippen molar-refractivity contribution >= 4 is 5.91 Å². The predicted molar refractivity (Wildman–Crippen MR) is 122 cm³/mol. The van der Waals surface area contributed by atoms with E-state index in [-0.39, 0.29) is 35.4 Å². The largest absolute Gasteiger partial charge is 0.375 e. The second kappa shape index (κ2) is 9.13. The minimum atomic E-state index is -0.0201. The zero-order valence-electron chi connectivity index (χ0n) is 19.2. The Labute approximate surface area is 186 Å². The molecule has 31 heavy (non-hydrogen) atoms. The van der Waals surface area contributed by atoms with Crippen molar-refractivity contribution in [2.45, 2.75) is 65.5 Å². The Kier molecular flexibility index (Phi) is 6.49. The quantitative estimate of drug-likeness (QED) is 0.559. The number of fused-ring (bicyclic) bond motifs is 1. The summed E-state index contributed by atoms with van der Waals surface area (Å²) in [6, 6.07) is 20.7. The average molecular weight is 422 g/mol. The van der Waals surface area contributed by atoms with Crippen molar-refractivity contribution in [3.05, 3.63) is 71.8 Å². The molecule has 0 unspecified atom stereocenters. The smallest absolute Gasteiger partial charge is 0.228 e. The summed E-state index contributed by atoms with van der Waals surface area (Å²) >= 11 is 0. The van der Waals surface area contributed by atoms with Crippen LogP contribution in [0.3, 0.4) is 0 Å². The molecule has 4 rings (SSSR count). The molecule has 0 bridgehead atoms. The summed E-state index contributed by atoms with van der Waals surface area (Å²) in [4.78, 5) is 15.3. The molecular formula is C27H35NO3. The number of carbonyl (C=O) groups excluding carboxylic acids is 1. The van der Waals surface area contributed by atoms with Crippen LogP contribution < -0.4 is 0 Å². The van der Waals surface area contributed by atoms with Crippen LogP contribution in [0.15, 0.2) is 60.7 Å². The lowest BCUT2D eigenvalue weighted by Crippen LogP contribution is -2.64. The molecule has 4 heteroatoms. The minimum Gasteiger partial charge on any atom is -0.375 e. The lowest BCUT2D eigenvalue weighted by molar-refractivity contribution is -0.165. The molecule has 2 fully saturated rings. The van der Waals surface area contributed by atoms with Gasteiger partial charge in [-0.05, 0) is 28.9 Å². The van der Waals surface area contributed by atoms with Crippen molar-refractivity contribution in [1.29, 1.82) is 0 Å². The second-order valence-electron chi connectivity index (χ2n) is 10.1. The van der Waals surface area contributed by atoms with Crippen LogP contribution in [-0.2, 0) is 27.5 Å². The van der Waals surface area contributed by atoms with Crippen molar-refractivity contribution < 1.29 is 14.3 Å². The zero-order valence-corrected chi connectivity index (χ0v) is 19.2. The van der Waals surface area contributed by atoms with Crippen molar-refractivity contribution in [1.82, 2.24) is 4.90 Å². The maximum absolute atomic E-state index is 13.2. The van der Waals surface area contributed by atoms with Crippen LogP contribution in [0.5, 0.6) is 0 Å². The molecule has 2 aromatic carbocycles. The van der Waals surface area contributed by atoms with Crippen molar-refractivity contribution in [2.75, 3.05) is 6.61 Å². The van der Waals surface area contributed by atoms with Gasteiger partial charge < -0.3 is 14.4 Å². The first-order valence-electron chi connectivity index (χ1n) is 11.5. The number of ether oxygens (including phenoxy) is 2. The number of hydrogen-bond donors (Lipinski definition) is 0. The Morgan fingerprint density at radius 1 is 0.968 bits per heavy atom. The lowest BCUT2D eigenvalue weighted by Gasteiger charge is -2.50. The predicted octanol–water partition coefficient (Wildman–Crippen LogP) is 5.07. The summed E-state index contributed by atoms with van der Waals surface area (Å²) < 4.78 is 12.4. The normalized spacial score (nSPS) is 26.5. The number of benzene rings is 2. The van der Waals surface area contributed by atoms with Crippen LogP contribution in [0.2, 0.25) is 0 Å². The number of nitrogens with zero attached hydrogens (tertiary/aromatic N) is 1. The van der Waals surface area contributed by atoms with Gasteiger partial charge in [0, 0.05) is 6.04 Å². The molecule has 2 heterocycles. The van der Waals surface area contributed by atoms with E-state index in [4.69, 9.17) is 9.47 Å². The average Bonchev–Trinajstić information content (AvgIpc) is 3.06. The summed E-state index contributed by atoms with van der Waals surface area (Å²) in [6.07, 6.45) is 0.894. The standard InChI is InChI=1S/C27H35NO3/c1-19(27(2,3)4)25-22-15-24(31-17-21-13-9-6-10-14-21)23(28(22)26(25)29)18-30-16-20-11-7-5-8-12-20/h5-14,19,22-25H,15-18H2,1-4H3/t19-,22+,23-,24-,25-/m0/s1. The molecule has 5 atom stereocenters. The molecular weight excluding hydrogens is 386 g/mol. The van der Waals surface area contributed by atoms with Gasteiger partial charge in [0.25, 0.3) is 0 Å². The maximum atomic E-state index is 13.2. The van der Waals surface area contributed by atoms with Crippen molar-refractivity contribution in [2.24, 2.45) is 17.3 Å². The van der Waals surface area contributed by atoms with Gasteiger partial charge in [-0.2, -0.15) is 0 Å². The summed E-state index contributed by atoms with van der Waals surface area (Å²) in [5.74, 6) is 0.688. The number of carbonyl (C=O) groups is 1. The van der Waals surface area contributed by atoms with Crippen LogP contribution >= 0.6 is 0 Å². The summed E-state index contributed by atoms with van der Waals surface area (Å²) in [7, 11) is 0. The molecule has 2 aliphatic heterocycles. The van der Waals surface area contributed by atoms with E-state index in [1.807, 2.05) is 36.4 Å². The van der Waals surface area contributed by atoms with Crippen LogP contribution in [-0.4, -0.2) is 35.6 Å². The van der Waals surface area contributed by atoms with Crippen LogP contribution in [0.25, 0.3) is 0 Å². The van der Waals surface area contributed by atoms with Crippen molar-refractivity contribution in [3.8, 4) is 0 Å². The summed E-state index contributed by atoms with van der Waals surface area (Å²) in [5.41, 5.74) is 2.41. The minimum absolute atomic E-state index is 0.00194. The van der Waals surface area contributed by atoms with Gasteiger partial charge in [-0.3, -0.25) is 4.79 Å². The fraction of sp³-hybridized carbons (Fsp3) is 0.519. The van der Waals surface area contributed by atoms with Gasteiger partial charge in [-0.15, -0.1) is 0 Å². The monoisotopic (exact) mass is 421 g/mol. The molecule has 2 aromatic rings. The molecule has 0 radical (unpaired) electrons. The summed E-state index contributed by atoms with van der Waals surface area (Å²) in [5, 5.41) is 0. The number of amides is 1. The fourth-order valence-corrected chi connectivity index (χ4v) is 4.94. The van der Waals surface area contributed by atoms with Crippen LogP contribution in [0.1, 0.15) is 45.2 Å². The van der Waals surface area contributed by atoms with E-state index < -0.39 is 0 Å². The van der Waals surface area contributed by atoms with E-state index >= 15 is 0 Å². The fourth-order valence-electron chi connectivity index (χ4n) is 4.94. The first-order chi connectivity index (χ1) is 14.9. The first kappa shape index (κ1) is 22.0. The van der Waals surface area contributed by atoms with Gasteiger partial charge >= 0.3 is 0 Å². The molecule has 0 aromatic heterocycles. The molecule has 1 amide bonds. The van der Waals surface area contributed by atoms with Crippen LogP contribution in [0.4, 0.5) is 0 Å². The molecule has 0 spiro atoms. The lowest BCUT2D eigenvalue weighted by atomic mass is 9.67. The highest BCUT2D eigenvalue weighted by molar-refractivity contribution is 5.87. The van der Waals surface area contributed by atoms with Gasteiger partial charge in [-0.25, -0.2) is 0 Å². The number of β-lactam (4-membered cyclic amide) rings is 1.